The number of nitrogens with zero attached hydrogens (tertiary/aromatic N) is 2. The lowest BCUT2D eigenvalue weighted by Crippen LogP contribution is -2.03. The molecule has 0 saturated heterocycles. The summed E-state index contributed by atoms with van der Waals surface area (Å²) in [6, 6.07) is 10.2. The van der Waals surface area contributed by atoms with Crippen molar-refractivity contribution in [1.82, 2.24) is 15.0 Å². The van der Waals surface area contributed by atoms with E-state index in [2.05, 4.69) is 19.7 Å². The van der Waals surface area contributed by atoms with Crippen LogP contribution >= 0.6 is 0 Å². The van der Waals surface area contributed by atoms with Crippen molar-refractivity contribution in [2.75, 3.05) is 0 Å². The third-order valence-electron chi connectivity index (χ3n) is 2.84. The van der Waals surface area contributed by atoms with E-state index in [9.17, 15) is 8.78 Å². The molecule has 0 spiro atoms. The van der Waals surface area contributed by atoms with Crippen LogP contribution in [0.15, 0.2) is 36.4 Å². The molecule has 4 nitrogen and oxygen atoms in total. The van der Waals surface area contributed by atoms with Gasteiger partial charge in [0.1, 0.15) is 11.6 Å². The molecule has 0 atom stereocenters. The van der Waals surface area contributed by atoms with Gasteiger partial charge in [-0.05, 0) is 31.2 Å². The second-order valence-corrected chi connectivity index (χ2v) is 4.28. The highest BCUT2D eigenvalue weighted by molar-refractivity contribution is 5.77. The Kier molecular flexibility index (Phi) is 3.06. The summed E-state index contributed by atoms with van der Waals surface area (Å²) in [5.41, 5.74) is 2.61. The van der Waals surface area contributed by atoms with Crippen LogP contribution in [0.4, 0.5) is 8.78 Å². The number of hydrogen-bond acceptors (Lipinski definition) is 3. The second kappa shape index (κ2) is 4.88. The molecular weight excluding hydrogens is 264 g/mol. The molecule has 0 bridgehead atoms. The van der Waals surface area contributed by atoms with E-state index in [1.54, 1.807) is 18.2 Å². The summed E-state index contributed by atoms with van der Waals surface area (Å²) < 4.78 is 29.3. The van der Waals surface area contributed by atoms with Gasteiger partial charge in [-0.25, -0.2) is 9.97 Å². The first-order valence-electron chi connectivity index (χ1n) is 6.01. The Hall–Kier alpha value is -2.50. The number of rotatable bonds is 3. The molecule has 0 amide bonds. The number of ether oxygens (including phenoxy) is 1. The molecule has 3 aromatic rings. The van der Waals surface area contributed by atoms with E-state index in [1.165, 1.54) is 6.07 Å². The third-order valence-corrected chi connectivity index (χ3v) is 2.84. The summed E-state index contributed by atoms with van der Waals surface area (Å²) in [7, 11) is 0. The Labute approximate surface area is 113 Å². The zero-order chi connectivity index (χ0) is 14.1. The molecule has 0 unspecified atom stereocenters. The summed E-state index contributed by atoms with van der Waals surface area (Å²) >= 11 is 0. The highest BCUT2D eigenvalue weighted by Crippen LogP contribution is 2.30. The lowest BCUT2D eigenvalue weighted by Gasteiger charge is -2.08. The zero-order valence-corrected chi connectivity index (χ0v) is 10.6. The van der Waals surface area contributed by atoms with Gasteiger partial charge >= 0.3 is 6.61 Å². The van der Waals surface area contributed by atoms with Crippen LogP contribution < -0.4 is 4.74 Å². The van der Waals surface area contributed by atoms with E-state index in [1.807, 2.05) is 19.1 Å². The highest BCUT2D eigenvalue weighted by Gasteiger charge is 2.14. The van der Waals surface area contributed by atoms with E-state index >= 15 is 0 Å². The Morgan fingerprint density at radius 2 is 1.90 bits per heavy atom. The maximum Gasteiger partial charge on any atom is 0.387 e. The van der Waals surface area contributed by atoms with Crippen LogP contribution in [0.3, 0.4) is 0 Å². The SMILES string of the molecule is Cc1ccc2[nH]c(-c3ccccc3OC(F)F)nc2n1. The van der Waals surface area contributed by atoms with E-state index in [0.717, 1.165) is 11.2 Å². The molecule has 0 fully saturated rings. The predicted octanol–water partition coefficient (Wildman–Crippen LogP) is 3.53. The van der Waals surface area contributed by atoms with Gasteiger partial charge in [-0.2, -0.15) is 8.78 Å². The quantitative estimate of drug-likeness (QED) is 0.795. The minimum absolute atomic E-state index is 0.0817. The standard InChI is InChI=1S/C14H11F2N3O/c1-8-6-7-10-13(17-8)19-12(18-10)9-4-2-3-5-11(9)20-14(15)16/h2-7,14H,1H3,(H,17,18,19). The van der Waals surface area contributed by atoms with Gasteiger partial charge in [-0.15, -0.1) is 0 Å². The van der Waals surface area contributed by atoms with Crippen molar-refractivity contribution in [3.8, 4) is 17.1 Å². The monoisotopic (exact) mass is 275 g/mol. The first-order valence-corrected chi connectivity index (χ1v) is 6.01. The molecule has 2 aromatic heterocycles. The maximum absolute atomic E-state index is 12.4. The summed E-state index contributed by atoms with van der Waals surface area (Å²) in [5.74, 6) is 0.535. The van der Waals surface area contributed by atoms with E-state index in [-0.39, 0.29) is 5.75 Å². The van der Waals surface area contributed by atoms with Gasteiger partial charge in [-0.3, -0.25) is 0 Å². The molecule has 20 heavy (non-hydrogen) atoms. The smallest absolute Gasteiger partial charge is 0.387 e. The first kappa shape index (κ1) is 12.5. The number of halogens is 2. The molecule has 0 radical (unpaired) electrons. The van der Waals surface area contributed by atoms with E-state index < -0.39 is 6.61 Å². The van der Waals surface area contributed by atoms with Crippen LogP contribution in [0, 0.1) is 6.92 Å². The minimum atomic E-state index is -2.87. The van der Waals surface area contributed by atoms with Crippen molar-refractivity contribution in [2.24, 2.45) is 0 Å². The molecule has 2 heterocycles. The largest absolute Gasteiger partial charge is 0.434 e. The van der Waals surface area contributed by atoms with E-state index in [4.69, 9.17) is 0 Å². The Balaban J connectivity index is 2.10. The summed E-state index contributed by atoms with van der Waals surface area (Å²) in [6.45, 7) is -1.01. The maximum atomic E-state index is 12.4. The van der Waals surface area contributed by atoms with Crippen LogP contribution in [0.25, 0.3) is 22.6 Å². The molecule has 0 saturated carbocycles. The number of imidazole rings is 1. The lowest BCUT2D eigenvalue weighted by molar-refractivity contribution is -0.0494. The molecule has 0 aliphatic heterocycles. The molecule has 6 heteroatoms. The number of nitrogens with one attached hydrogen (secondary N) is 1. The minimum Gasteiger partial charge on any atom is -0.434 e. The van der Waals surface area contributed by atoms with Crippen LogP contribution in [-0.2, 0) is 0 Å². The molecule has 1 aromatic carbocycles. The third kappa shape index (κ3) is 2.32. The van der Waals surface area contributed by atoms with Crippen molar-refractivity contribution < 1.29 is 13.5 Å². The Morgan fingerprint density at radius 1 is 1.10 bits per heavy atom. The molecule has 3 rings (SSSR count). The van der Waals surface area contributed by atoms with Gasteiger partial charge < -0.3 is 9.72 Å². The fourth-order valence-corrected chi connectivity index (χ4v) is 1.98. The number of aromatic amines is 1. The number of aryl methyl sites for hydroxylation is 1. The average Bonchev–Trinajstić information content (AvgIpc) is 2.81. The fourth-order valence-electron chi connectivity index (χ4n) is 1.98. The van der Waals surface area contributed by atoms with Crippen molar-refractivity contribution in [2.45, 2.75) is 13.5 Å². The fraction of sp³-hybridized carbons (Fsp3) is 0.143. The van der Waals surface area contributed by atoms with Gasteiger partial charge in [0.05, 0.1) is 11.1 Å². The van der Waals surface area contributed by atoms with Gasteiger partial charge in [-0.1, -0.05) is 12.1 Å². The number of benzene rings is 1. The topological polar surface area (TPSA) is 50.8 Å². The molecular formula is C14H11F2N3O. The molecule has 0 aliphatic carbocycles. The lowest BCUT2D eigenvalue weighted by atomic mass is 10.2. The van der Waals surface area contributed by atoms with Crippen LogP contribution in [0.1, 0.15) is 5.69 Å². The number of para-hydroxylation sites is 1. The highest BCUT2D eigenvalue weighted by atomic mass is 19.3. The Bertz CT molecular complexity index is 755. The van der Waals surface area contributed by atoms with Crippen LogP contribution in [0.5, 0.6) is 5.75 Å². The van der Waals surface area contributed by atoms with E-state index in [0.29, 0.717) is 17.0 Å². The van der Waals surface area contributed by atoms with Crippen LogP contribution in [-0.4, -0.2) is 21.6 Å². The van der Waals surface area contributed by atoms with Crippen LogP contribution in [0.2, 0.25) is 0 Å². The number of alkyl halides is 2. The number of aromatic nitrogens is 3. The predicted molar refractivity (Wildman–Crippen MR) is 70.7 cm³/mol. The summed E-state index contributed by atoms with van der Waals surface area (Å²) in [4.78, 5) is 11.7. The van der Waals surface area contributed by atoms with Crippen molar-refractivity contribution in [3.63, 3.8) is 0 Å². The first-order chi connectivity index (χ1) is 9.63. The summed E-state index contributed by atoms with van der Waals surface area (Å²) in [5, 5.41) is 0. The zero-order valence-electron chi connectivity index (χ0n) is 10.6. The van der Waals surface area contributed by atoms with Gasteiger partial charge in [0.2, 0.25) is 0 Å². The normalized spacial score (nSPS) is 11.2. The van der Waals surface area contributed by atoms with Crippen molar-refractivity contribution >= 4 is 11.2 Å². The molecule has 1 N–H and O–H groups in total. The van der Waals surface area contributed by atoms with Crippen molar-refractivity contribution in [3.05, 3.63) is 42.1 Å². The number of pyridine rings is 1. The van der Waals surface area contributed by atoms with Crippen molar-refractivity contribution in [1.29, 1.82) is 0 Å². The van der Waals surface area contributed by atoms with Gasteiger partial charge in [0.25, 0.3) is 0 Å². The summed E-state index contributed by atoms with van der Waals surface area (Å²) in [6.07, 6.45) is 0. The average molecular weight is 275 g/mol. The Morgan fingerprint density at radius 3 is 2.70 bits per heavy atom. The number of hydrogen-bond donors (Lipinski definition) is 1. The number of H-pyrrole nitrogens is 1. The number of fused-ring (bicyclic) bond motifs is 1. The molecule has 102 valence electrons. The van der Waals surface area contributed by atoms with Gasteiger partial charge in [0.15, 0.2) is 5.65 Å². The molecule has 0 aliphatic rings. The second-order valence-electron chi connectivity index (χ2n) is 4.28. The van der Waals surface area contributed by atoms with Gasteiger partial charge in [0, 0.05) is 5.69 Å².